The van der Waals surface area contributed by atoms with Gasteiger partial charge in [0.05, 0.1) is 9.92 Å². The molecule has 1 aliphatic rings. The van der Waals surface area contributed by atoms with Crippen LogP contribution in [0.3, 0.4) is 0 Å². The fraction of sp³-hybridized carbons (Fsp3) is 0.500. The lowest BCUT2D eigenvalue weighted by Gasteiger charge is -2.26. The molecular formula is C12H17ClFN3O2S. The molecule has 112 valence electrons. The fourth-order valence-electron chi connectivity index (χ4n) is 2.13. The first kappa shape index (κ1) is 15.7. The van der Waals surface area contributed by atoms with Crippen LogP contribution in [0.15, 0.2) is 17.0 Å². The Morgan fingerprint density at radius 1 is 1.30 bits per heavy atom. The van der Waals surface area contributed by atoms with Crippen LogP contribution < -0.4 is 10.6 Å². The molecule has 1 heterocycles. The Bertz CT molecular complexity index is 589. The molecule has 0 aliphatic carbocycles. The quantitative estimate of drug-likeness (QED) is 0.883. The third-order valence-electron chi connectivity index (χ3n) is 3.21. The largest absolute Gasteiger partial charge is 0.326 e. The lowest BCUT2D eigenvalue weighted by Crippen LogP contribution is -2.44. The number of halogens is 2. The molecule has 1 aliphatic heterocycles. The molecule has 1 aromatic carbocycles. The number of nitrogens with one attached hydrogen (secondary N) is 1. The van der Waals surface area contributed by atoms with Crippen LogP contribution in [0.25, 0.3) is 0 Å². The van der Waals surface area contributed by atoms with Crippen LogP contribution >= 0.6 is 11.6 Å². The molecule has 0 radical (unpaired) electrons. The number of sulfonamides is 1. The van der Waals surface area contributed by atoms with E-state index in [1.54, 1.807) is 5.01 Å². The molecular weight excluding hydrogens is 305 g/mol. The van der Waals surface area contributed by atoms with Crippen molar-refractivity contribution in [1.29, 1.82) is 0 Å². The van der Waals surface area contributed by atoms with Crippen LogP contribution in [0, 0.1) is 5.82 Å². The molecule has 1 fully saturated rings. The van der Waals surface area contributed by atoms with E-state index in [0.717, 1.165) is 25.3 Å². The highest BCUT2D eigenvalue weighted by atomic mass is 35.5. The second-order valence-corrected chi connectivity index (χ2v) is 6.76. The van der Waals surface area contributed by atoms with Crippen molar-refractivity contribution < 1.29 is 12.8 Å². The summed E-state index contributed by atoms with van der Waals surface area (Å²) >= 11 is 5.73. The number of piperidine rings is 1. The second kappa shape index (κ2) is 6.36. The summed E-state index contributed by atoms with van der Waals surface area (Å²) in [6, 6.07) is 2.21. The molecule has 20 heavy (non-hydrogen) atoms. The molecule has 1 aromatic rings. The van der Waals surface area contributed by atoms with Gasteiger partial charge in [0.2, 0.25) is 0 Å². The molecule has 1 saturated heterocycles. The SMILES string of the molecule is NCc1cc(S(=O)(=O)NN2CCCCC2)cc(F)c1Cl. The first-order chi connectivity index (χ1) is 9.44. The average Bonchev–Trinajstić information content (AvgIpc) is 2.42. The minimum Gasteiger partial charge on any atom is -0.326 e. The summed E-state index contributed by atoms with van der Waals surface area (Å²) in [5.74, 6) is -0.784. The van der Waals surface area contributed by atoms with Gasteiger partial charge in [0.25, 0.3) is 10.0 Å². The number of nitrogens with two attached hydrogens (primary N) is 1. The Labute approximate surface area is 122 Å². The molecule has 3 N–H and O–H groups in total. The van der Waals surface area contributed by atoms with Gasteiger partial charge in [-0.05, 0) is 30.5 Å². The molecule has 0 bridgehead atoms. The van der Waals surface area contributed by atoms with Crippen LogP contribution in [0.1, 0.15) is 24.8 Å². The van der Waals surface area contributed by atoms with E-state index >= 15 is 0 Å². The van der Waals surface area contributed by atoms with Crippen molar-refractivity contribution in [2.24, 2.45) is 5.73 Å². The van der Waals surface area contributed by atoms with Crippen LogP contribution in [-0.4, -0.2) is 26.5 Å². The van der Waals surface area contributed by atoms with Gasteiger partial charge in [-0.1, -0.05) is 18.0 Å². The van der Waals surface area contributed by atoms with E-state index in [9.17, 15) is 12.8 Å². The smallest absolute Gasteiger partial charge is 0.253 e. The van der Waals surface area contributed by atoms with E-state index < -0.39 is 15.8 Å². The van der Waals surface area contributed by atoms with Crippen LogP contribution in [0.2, 0.25) is 5.02 Å². The summed E-state index contributed by atoms with van der Waals surface area (Å²) in [5, 5.41) is 1.50. The second-order valence-electron chi connectivity index (χ2n) is 4.72. The predicted octanol–water partition coefficient (Wildman–Crippen LogP) is 1.62. The van der Waals surface area contributed by atoms with E-state index in [1.165, 1.54) is 6.07 Å². The maximum Gasteiger partial charge on any atom is 0.253 e. The third kappa shape index (κ3) is 3.48. The van der Waals surface area contributed by atoms with Gasteiger partial charge in [-0.2, -0.15) is 0 Å². The number of hydrogen-bond acceptors (Lipinski definition) is 4. The molecule has 0 saturated carbocycles. The predicted molar refractivity (Wildman–Crippen MR) is 75.0 cm³/mol. The monoisotopic (exact) mass is 321 g/mol. The molecule has 0 aromatic heterocycles. The number of hydrogen-bond donors (Lipinski definition) is 2. The van der Waals surface area contributed by atoms with E-state index in [2.05, 4.69) is 4.83 Å². The average molecular weight is 322 g/mol. The van der Waals surface area contributed by atoms with Gasteiger partial charge < -0.3 is 5.73 Å². The summed E-state index contributed by atoms with van der Waals surface area (Å²) in [4.78, 5) is 2.30. The molecule has 0 atom stereocenters. The molecule has 0 unspecified atom stereocenters. The Morgan fingerprint density at radius 2 is 1.95 bits per heavy atom. The van der Waals surface area contributed by atoms with Crippen LogP contribution in [-0.2, 0) is 16.6 Å². The van der Waals surface area contributed by atoms with Crippen molar-refractivity contribution in [3.63, 3.8) is 0 Å². The van der Waals surface area contributed by atoms with Crippen molar-refractivity contribution in [3.05, 3.63) is 28.5 Å². The Morgan fingerprint density at radius 3 is 2.55 bits per heavy atom. The summed E-state index contributed by atoms with van der Waals surface area (Å²) in [7, 11) is -3.81. The van der Waals surface area contributed by atoms with E-state index in [4.69, 9.17) is 17.3 Å². The highest BCUT2D eigenvalue weighted by Crippen LogP contribution is 2.24. The maximum absolute atomic E-state index is 13.6. The number of benzene rings is 1. The number of rotatable bonds is 4. The lowest BCUT2D eigenvalue weighted by atomic mass is 10.2. The van der Waals surface area contributed by atoms with Gasteiger partial charge in [-0.15, -0.1) is 4.83 Å². The third-order valence-corrected chi connectivity index (χ3v) is 4.99. The number of nitrogens with zero attached hydrogens (tertiary/aromatic N) is 1. The van der Waals surface area contributed by atoms with Crippen molar-refractivity contribution in [2.45, 2.75) is 30.7 Å². The van der Waals surface area contributed by atoms with E-state index in [-0.39, 0.29) is 22.0 Å². The zero-order chi connectivity index (χ0) is 14.8. The zero-order valence-electron chi connectivity index (χ0n) is 10.9. The van der Waals surface area contributed by atoms with Gasteiger partial charge in [0.1, 0.15) is 5.82 Å². The van der Waals surface area contributed by atoms with Crippen molar-refractivity contribution in [3.8, 4) is 0 Å². The fourth-order valence-corrected chi connectivity index (χ4v) is 3.50. The molecule has 8 heteroatoms. The first-order valence-electron chi connectivity index (χ1n) is 6.39. The van der Waals surface area contributed by atoms with Gasteiger partial charge in [-0.25, -0.2) is 17.8 Å². The molecule has 5 nitrogen and oxygen atoms in total. The van der Waals surface area contributed by atoms with Gasteiger partial charge in [0, 0.05) is 19.6 Å². The Hall–Kier alpha value is -0.730. The summed E-state index contributed by atoms with van der Waals surface area (Å²) in [6.07, 6.45) is 2.96. The van der Waals surface area contributed by atoms with Crippen molar-refractivity contribution >= 4 is 21.6 Å². The highest BCUT2D eigenvalue weighted by molar-refractivity contribution is 7.89. The van der Waals surface area contributed by atoms with Gasteiger partial charge in [-0.3, -0.25) is 0 Å². The van der Waals surface area contributed by atoms with E-state index in [0.29, 0.717) is 13.1 Å². The van der Waals surface area contributed by atoms with Crippen LogP contribution in [0.4, 0.5) is 4.39 Å². The van der Waals surface area contributed by atoms with Crippen molar-refractivity contribution in [1.82, 2.24) is 9.84 Å². The van der Waals surface area contributed by atoms with Crippen LogP contribution in [0.5, 0.6) is 0 Å². The minimum absolute atomic E-state index is 0.0250. The zero-order valence-corrected chi connectivity index (χ0v) is 12.5. The Balaban J connectivity index is 2.26. The Kier molecular flexibility index (Phi) is 4.98. The van der Waals surface area contributed by atoms with E-state index in [1.807, 2.05) is 0 Å². The number of hydrazine groups is 1. The lowest BCUT2D eigenvalue weighted by molar-refractivity contribution is 0.200. The molecule has 0 amide bonds. The topological polar surface area (TPSA) is 75.4 Å². The maximum atomic E-state index is 13.6. The standard InChI is InChI=1S/C12H17ClFN3O2S/c13-12-9(8-15)6-10(7-11(12)14)20(18,19)16-17-4-2-1-3-5-17/h6-7,16H,1-5,8,15H2. The van der Waals surface area contributed by atoms with Gasteiger partial charge >= 0.3 is 0 Å². The van der Waals surface area contributed by atoms with Crippen molar-refractivity contribution in [2.75, 3.05) is 13.1 Å². The first-order valence-corrected chi connectivity index (χ1v) is 8.25. The molecule has 2 rings (SSSR count). The summed E-state index contributed by atoms with van der Waals surface area (Å²) < 4.78 is 38.1. The minimum atomic E-state index is -3.81. The summed E-state index contributed by atoms with van der Waals surface area (Å²) in [5.41, 5.74) is 5.71. The normalized spacial score (nSPS) is 17.4. The highest BCUT2D eigenvalue weighted by Gasteiger charge is 2.22. The summed E-state index contributed by atoms with van der Waals surface area (Å²) in [6.45, 7) is 1.28. The van der Waals surface area contributed by atoms with Gasteiger partial charge in [0.15, 0.2) is 0 Å². The molecule has 0 spiro atoms.